The van der Waals surface area contributed by atoms with Gasteiger partial charge in [-0.2, -0.15) is 0 Å². The fraction of sp³-hybridized carbons (Fsp3) is 0.500. The molecule has 1 aliphatic heterocycles. The molecule has 24 heavy (non-hydrogen) atoms. The molecule has 1 aromatic carbocycles. The highest BCUT2D eigenvalue weighted by Crippen LogP contribution is 2.32. The summed E-state index contributed by atoms with van der Waals surface area (Å²) in [4.78, 5) is 14.6. The normalized spacial score (nSPS) is 20.5. The van der Waals surface area contributed by atoms with Gasteiger partial charge in [0.1, 0.15) is 0 Å². The van der Waals surface area contributed by atoms with Gasteiger partial charge in [-0.25, -0.2) is 0 Å². The standard InChI is InChI=1S/C18H23N3O3/c1-12-5-4-6-14(7-12)8-17(22)21-9-15(11-23-3)16(10-21)18-20-19-13(2)24-18/h4-7,15-16H,8-11H2,1-3H3/t15-,16+/m0/s1. The van der Waals surface area contributed by atoms with Crippen molar-refractivity contribution in [1.82, 2.24) is 15.1 Å². The molecule has 2 atom stereocenters. The number of ether oxygens (including phenoxy) is 1. The number of carbonyl (C=O) groups is 1. The van der Waals surface area contributed by atoms with E-state index < -0.39 is 0 Å². The lowest BCUT2D eigenvalue weighted by Crippen LogP contribution is -2.30. The monoisotopic (exact) mass is 329 g/mol. The van der Waals surface area contributed by atoms with Crippen LogP contribution < -0.4 is 0 Å². The van der Waals surface area contributed by atoms with E-state index in [9.17, 15) is 4.79 Å². The maximum atomic E-state index is 12.7. The zero-order chi connectivity index (χ0) is 17.1. The summed E-state index contributed by atoms with van der Waals surface area (Å²) in [5, 5.41) is 8.05. The van der Waals surface area contributed by atoms with Crippen molar-refractivity contribution in [1.29, 1.82) is 0 Å². The molecular weight excluding hydrogens is 306 g/mol. The highest BCUT2D eigenvalue weighted by molar-refractivity contribution is 5.79. The average molecular weight is 329 g/mol. The van der Waals surface area contributed by atoms with Gasteiger partial charge in [-0.1, -0.05) is 29.8 Å². The van der Waals surface area contributed by atoms with Gasteiger partial charge in [0.2, 0.25) is 17.7 Å². The number of aryl methyl sites for hydroxylation is 2. The van der Waals surface area contributed by atoms with Crippen LogP contribution >= 0.6 is 0 Å². The van der Waals surface area contributed by atoms with Crippen molar-refractivity contribution in [3.63, 3.8) is 0 Å². The summed E-state index contributed by atoms with van der Waals surface area (Å²) in [6.45, 7) is 5.63. The second kappa shape index (κ2) is 7.13. The average Bonchev–Trinajstić information content (AvgIpc) is 3.14. The highest BCUT2D eigenvalue weighted by atomic mass is 16.5. The molecule has 2 aromatic rings. The van der Waals surface area contributed by atoms with Gasteiger partial charge in [-0.05, 0) is 12.5 Å². The molecule has 0 aliphatic carbocycles. The minimum Gasteiger partial charge on any atom is -0.425 e. The van der Waals surface area contributed by atoms with Gasteiger partial charge in [0, 0.05) is 33.0 Å². The molecule has 128 valence electrons. The molecule has 0 spiro atoms. The Morgan fingerprint density at radius 2 is 2.17 bits per heavy atom. The van der Waals surface area contributed by atoms with E-state index in [1.165, 1.54) is 0 Å². The van der Waals surface area contributed by atoms with Gasteiger partial charge in [-0.3, -0.25) is 4.79 Å². The van der Waals surface area contributed by atoms with Crippen LogP contribution in [0.4, 0.5) is 0 Å². The van der Waals surface area contributed by atoms with Crippen molar-refractivity contribution >= 4 is 5.91 Å². The van der Waals surface area contributed by atoms with Gasteiger partial charge in [-0.15, -0.1) is 10.2 Å². The van der Waals surface area contributed by atoms with E-state index in [2.05, 4.69) is 16.3 Å². The number of benzene rings is 1. The largest absolute Gasteiger partial charge is 0.425 e. The van der Waals surface area contributed by atoms with Crippen molar-refractivity contribution in [3.05, 3.63) is 47.2 Å². The minimum atomic E-state index is 0.0348. The quantitative estimate of drug-likeness (QED) is 0.840. The summed E-state index contributed by atoms with van der Waals surface area (Å²) >= 11 is 0. The number of carbonyl (C=O) groups excluding carboxylic acids is 1. The topological polar surface area (TPSA) is 68.5 Å². The van der Waals surface area contributed by atoms with Gasteiger partial charge < -0.3 is 14.1 Å². The maximum Gasteiger partial charge on any atom is 0.227 e. The van der Waals surface area contributed by atoms with Crippen LogP contribution in [0.2, 0.25) is 0 Å². The first-order valence-corrected chi connectivity index (χ1v) is 8.19. The molecule has 0 saturated carbocycles. The number of aromatic nitrogens is 2. The molecule has 6 heteroatoms. The van der Waals surface area contributed by atoms with Crippen LogP contribution in [0.1, 0.15) is 28.8 Å². The molecule has 0 bridgehead atoms. The Morgan fingerprint density at radius 1 is 1.33 bits per heavy atom. The van der Waals surface area contributed by atoms with Crippen molar-refractivity contribution in [2.75, 3.05) is 26.8 Å². The van der Waals surface area contributed by atoms with Crippen LogP contribution in [0.3, 0.4) is 0 Å². The van der Waals surface area contributed by atoms with E-state index in [1.54, 1.807) is 14.0 Å². The van der Waals surface area contributed by atoms with Gasteiger partial charge in [0.15, 0.2) is 0 Å². The summed E-state index contributed by atoms with van der Waals surface area (Å²) in [6.07, 6.45) is 0.414. The number of nitrogens with zero attached hydrogens (tertiary/aromatic N) is 3. The van der Waals surface area contributed by atoms with Crippen LogP contribution in [0.25, 0.3) is 0 Å². The van der Waals surface area contributed by atoms with E-state index in [-0.39, 0.29) is 17.7 Å². The zero-order valence-electron chi connectivity index (χ0n) is 14.4. The molecule has 0 radical (unpaired) electrons. The highest BCUT2D eigenvalue weighted by Gasteiger charge is 2.39. The molecule has 1 aliphatic rings. The maximum absolute atomic E-state index is 12.7. The van der Waals surface area contributed by atoms with Crippen LogP contribution in [-0.2, 0) is 16.0 Å². The predicted molar refractivity (Wildman–Crippen MR) is 88.6 cm³/mol. The van der Waals surface area contributed by atoms with Crippen LogP contribution in [0, 0.1) is 19.8 Å². The Bertz CT molecular complexity index is 713. The minimum absolute atomic E-state index is 0.0348. The zero-order valence-corrected chi connectivity index (χ0v) is 14.4. The van der Waals surface area contributed by atoms with E-state index in [4.69, 9.17) is 9.15 Å². The van der Waals surface area contributed by atoms with E-state index >= 15 is 0 Å². The third-order valence-electron chi connectivity index (χ3n) is 4.47. The number of hydrogen-bond acceptors (Lipinski definition) is 5. The Labute approximate surface area is 141 Å². The molecule has 3 rings (SSSR count). The van der Waals surface area contributed by atoms with Crippen molar-refractivity contribution < 1.29 is 13.9 Å². The van der Waals surface area contributed by atoms with Gasteiger partial charge in [0.05, 0.1) is 18.9 Å². The third kappa shape index (κ3) is 3.64. The van der Waals surface area contributed by atoms with E-state index in [0.29, 0.717) is 37.9 Å². The predicted octanol–water partition coefficient (Wildman–Crippen LogP) is 2.12. The van der Waals surface area contributed by atoms with E-state index in [1.807, 2.05) is 30.0 Å². The fourth-order valence-electron chi connectivity index (χ4n) is 3.31. The van der Waals surface area contributed by atoms with Gasteiger partial charge >= 0.3 is 0 Å². The molecule has 1 amide bonds. The number of likely N-dealkylation sites (tertiary alicyclic amines) is 1. The Kier molecular flexibility index (Phi) is 4.94. The summed E-state index contributed by atoms with van der Waals surface area (Å²) in [5.41, 5.74) is 2.21. The molecule has 6 nitrogen and oxygen atoms in total. The molecule has 0 N–H and O–H groups in total. The number of methoxy groups -OCH3 is 1. The molecular formula is C18H23N3O3. The molecule has 1 aromatic heterocycles. The Morgan fingerprint density at radius 3 is 2.83 bits per heavy atom. The summed E-state index contributed by atoms with van der Waals surface area (Å²) in [7, 11) is 1.67. The lowest BCUT2D eigenvalue weighted by molar-refractivity contribution is -0.129. The van der Waals surface area contributed by atoms with Crippen LogP contribution in [-0.4, -0.2) is 47.8 Å². The third-order valence-corrected chi connectivity index (χ3v) is 4.47. The lowest BCUT2D eigenvalue weighted by Gasteiger charge is -2.16. The lowest BCUT2D eigenvalue weighted by atomic mass is 9.97. The smallest absolute Gasteiger partial charge is 0.227 e. The first-order chi connectivity index (χ1) is 11.6. The fourth-order valence-corrected chi connectivity index (χ4v) is 3.31. The SMILES string of the molecule is COC[C@@H]1CN(C(=O)Cc2cccc(C)c2)C[C@H]1c1nnc(C)o1. The summed E-state index contributed by atoms with van der Waals surface area (Å²) in [5.74, 6) is 1.48. The second-order valence-electron chi connectivity index (χ2n) is 6.45. The van der Waals surface area contributed by atoms with Crippen molar-refractivity contribution in [3.8, 4) is 0 Å². The Hall–Kier alpha value is -2.21. The van der Waals surface area contributed by atoms with Crippen molar-refractivity contribution in [2.24, 2.45) is 5.92 Å². The molecule has 1 saturated heterocycles. The Balaban J connectivity index is 1.71. The first-order valence-electron chi connectivity index (χ1n) is 8.19. The number of hydrogen-bond donors (Lipinski definition) is 0. The second-order valence-corrected chi connectivity index (χ2v) is 6.45. The van der Waals surface area contributed by atoms with Gasteiger partial charge in [0.25, 0.3) is 0 Å². The van der Waals surface area contributed by atoms with Crippen LogP contribution in [0.5, 0.6) is 0 Å². The summed E-state index contributed by atoms with van der Waals surface area (Å²) in [6, 6.07) is 8.07. The van der Waals surface area contributed by atoms with Crippen molar-refractivity contribution in [2.45, 2.75) is 26.2 Å². The first kappa shape index (κ1) is 16.6. The molecule has 0 unspecified atom stereocenters. The molecule has 2 heterocycles. The number of amides is 1. The number of rotatable bonds is 5. The van der Waals surface area contributed by atoms with E-state index in [0.717, 1.165) is 11.1 Å². The van der Waals surface area contributed by atoms with Crippen LogP contribution in [0.15, 0.2) is 28.7 Å². The molecule has 1 fully saturated rings. The summed E-state index contributed by atoms with van der Waals surface area (Å²) < 4.78 is 10.9.